The molecule has 102 valence electrons. The molecule has 0 radical (unpaired) electrons. The molecule has 0 aliphatic carbocycles. The maximum Gasteiger partial charge on any atom is 0.231 e. The lowest BCUT2D eigenvalue weighted by atomic mass is 10.1. The molecule has 1 atom stereocenters. The number of nitrogens with zero attached hydrogens (tertiary/aromatic N) is 1. The number of amides is 1. The molecule has 1 aromatic rings. The SMILES string of the molecule is C=CCN(C(=O)C1CCS(=O)(=O)C1)c1ccccc1. The topological polar surface area (TPSA) is 54.5 Å². The Kier molecular flexibility index (Phi) is 4.04. The van der Waals surface area contributed by atoms with Crippen LogP contribution in [0.1, 0.15) is 6.42 Å². The molecule has 19 heavy (non-hydrogen) atoms. The molecule has 0 bridgehead atoms. The van der Waals surface area contributed by atoms with E-state index in [-0.39, 0.29) is 17.4 Å². The number of carbonyl (C=O) groups is 1. The highest BCUT2D eigenvalue weighted by Gasteiger charge is 2.35. The van der Waals surface area contributed by atoms with E-state index < -0.39 is 15.8 Å². The van der Waals surface area contributed by atoms with Gasteiger partial charge in [-0.1, -0.05) is 24.3 Å². The first-order valence-electron chi connectivity index (χ1n) is 6.21. The number of rotatable bonds is 4. The lowest BCUT2D eigenvalue weighted by molar-refractivity contribution is -0.121. The number of anilines is 1. The van der Waals surface area contributed by atoms with Gasteiger partial charge in [-0.05, 0) is 18.6 Å². The van der Waals surface area contributed by atoms with E-state index in [1.165, 1.54) is 0 Å². The molecule has 1 aliphatic heterocycles. The summed E-state index contributed by atoms with van der Waals surface area (Å²) in [6, 6.07) is 9.25. The van der Waals surface area contributed by atoms with Crippen LogP contribution in [0.4, 0.5) is 5.69 Å². The first-order chi connectivity index (χ1) is 9.03. The Bertz CT molecular complexity index is 566. The standard InChI is InChI=1S/C14H17NO3S/c1-2-9-15(13-6-4-3-5-7-13)14(16)12-8-10-19(17,18)11-12/h2-7,12H,1,8-11H2. The highest BCUT2D eigenvalue weighted by molar-refractivity contribution is 7.91. The smallest absolute Gasteiger partial charge is 0.231 e. The molecule has 0 N–H and O–H groups in total. The normalized spacial score (nSPS) is 20.9. The Morgan fingerprint density at radius 2 is 2.05 bits per heavy atom. The second-order valence-electron chi connectivity index (χ2n) is 4.67. The third-order valence-electron chi connectivity index (χ3n) is 3.23. The average molecular weight is 279 g/mol. The number of para-hydroxylation sites is 1. The fourth-order valence-corrected chi connectivity index (χ4v) is 4.00. The van der Waals surface area contributed by atoms with E-state index in [4.69, 9.17) is 0 Å². The Morgan fingerprint density at radius 1 is 1.37 bits per heavy atom. The van der Waals surface area contributed by atoms with Crippen molar-refractivity contribution in [2.45, 2.75) is 6.42 Å². The summed E-state index contributed by atoms with van der Waals surface area (Å²) in [7, 11) is -3.04. The summed E-state index contributed by atoms with van der Waals surface area (Å²) in [5.41, 5.74) is 0.775. The van der Waals surface area contributed by atoms with Crippen molar-refractivity contribution in [3.8, 4) is 0 Å². The van der Waals surface area contributed by atoms with Crippen molar-refractivity contribution >= 4 is 21.4 Å². The molecule has 1 saturated heterocycles. The molecule has 0 saturated carbocycles. The Hall–Kier alpha value is -1.62. The summed E-state index contributed by atoms with van der Waals surface area (Å²) >= 11 is 0. The van der Waals surface area contributed by atoms with Crippen molar-refractivity contribution in [2.24, 2.45) is 5.92 Å². The molecule has 4 nitrogen and oxygen atoms in total. The van der Waals surface area contributed by atoms with Crippen molar-refractivity contribution in [1.29, 1.82) is 0 Å². The van der Waals surface area contributed by atoms with Gasteiger partial charge in [0.2, 0.25) is 5.91 Å². The Morgan fingerprint density at radius 3 is 2.58 bits per heavy atom. The lowest BCUT2D eigenvalue weighted by Crippen LogP contribution is -2.36. The van der Waals surface area contributed by atoms with Gasteiger partial charge in [-0.2, -0.15) is 0 Å². The van der Waals surface area contributed by atoms with Crippen LogP contribution >= 0.6 is 0 Å². The van der Waals surface area contributed by atoms with Gasteiger partial charge in [0, 0.05) is 12.2 Å². The quantitative estimate of drug-likeness (QED) is 0.787. The number of hydrogen-bond acceptors (Lipinski definition) is 3. The summed E-state index contributed by atoms with van der Waals surface area (Å²) in [5.74, 6) is -0.482. The third kappa shape index (κ3) is 3.23. The van der Waals surface area contributed by atoms with Crippen LogP contribution < -0.4 is 4.90 Å². The second kappa shape index (κ2) is 5.57. The average Bonchev–Trinajstić information content (AvgIpc) is 2.77. The highest BCUT2D eigenvalue weighted by atomic mass is 32.2. The largest absolute Gasteiger partial charge is 0.308 e. The number of sulfone groups is 1. The summed E-state index contributed by atoms with van der Waals surface area (Å²) in [6.07, 6.45) is 2.07. The summed E-state index contributed by atoms with van der Waals surface area (Å²) < 4.78 is 22.9. The molecule has 2 rings (SSSR count). The van der Waals surface area contributed by atoms with Crippen LogP contribution in [0.3, 0.4) is 0 Å². The van der Waals surface area contributed by atoms with Crippen molar-refractivity contribution < 1.29 is 13.2 Å². The minimum atomic E-state index is -3.04. The molecule has 5 heteroatoms. The molecule has 0 aromatic heterocycles. The van der Waals surface area contributed by atoms with E-state index in [9.17, 15) is 13.2 Å². The molecule has 1 aliphatic rings. The fourth-order valence-electron chi connectivity index (χ4n) is 2.27. The molecular weight excluding hydrogens is 262 g/mol. The number of carbonyl (C=O) groups excluding carboxylic acids is 1. The van der Waals surface area contributed by atoms with Gasteiger partial charge in [-0.25, -0.2) is 8.42 Å². The molecule has 1 aromatic carbocycles. The molecule has 1 amide bonds. The maximum atomic E-state index is 12.4. The van der Waals surface area contributed by atoms with Gasteiger partial charge in [0.15, 0.2) is 9.84 Å². The zero-order valence-electron chi connectivity index (χ0n) is 10.7. The van der Waals surface area contributed by atoms with E-state index in [0.717, 1.165) is 5.69 Å². The van der Waals surface area contributed by atoms with Gasteiger partial charge < -0.3 is 4.90 Å². The number of hydrogen-bond donors (Lipinski definition) is 0. The van der Waals surface area contributed by atoms with Crippen LogP contribution in [-0.2, 0) is 14.6 Å². The van der Waals surface area contributed by atoms with Crippen molar-refractivity contribution in [3.05, 3.63) is 43.0 Å². The molecule has 0 spiro atoms. The summed E-state index contributed by atoms with van der Waals surface area (Å²) in [6.45, 7) is 4.04. The van der Waals surface area contributed by atoms with Gasteiger partial charge in [-0.15, -0.1) is 6.58 Å². The molecule has 1 heterocycles. The molecule has 1 unspecified atom stereocenters. The van der Waals surface area contributed by atoms with Gasteiger partial charge in [0.1, 0.15) is 0 Å². The van der Waals surface area contributed by atoms with Crippen LogP contribution in [0, 0.1) is 5.92 Å². The zero-order chi connectivity index (χ0) is 13.9. The van der Waals surface area contributed by atoms with E-state index in [1.807, 2.05) is 30.3 Å². The van der Waals surface area contributed by atoms with Crippen molar-refractivity contribution in [1.82, 2.24) is 0 Å². The van der Waals surface area contributed by atoms with Crippen molar-refractivity contribution in [3.63, 3.8) is 0 Å². The highest BCUT2D eigenvalue weighted by Crippen LogP contribution is 2.24. The van der Waals surface area contributed by atoms with Crippen LogP contribution in [0.2, 0.25) is 0 Å². The van der Waals surface area contributed by atoms with Crippen LogP contribution in [0.15, 0.2) is 43.0 Å². The van der Waals surface area contributed by atoms with Crippen LogP contribution in [-0.4, -0.2) is 32.4 Å². The minimum absolute atomic E-state index is 0.0354. The third-order valence-corrected chi connectivity index (χ3v) is 5.00. The number of benzene rings is 1. The van der Waals surface area contributed by atoms with Crippen LogP contribution in [0.25, 0.3) is 0 Å². The Balaban J connectivity index is 2.21. The van der Waals surface area contributed by atoms with E-state index in [1.54, 1.807) is 11.0 Å². The lowest BCUT2D eigenvalue weighted by Gasteiger charge is -2.24. The summed E-state index contributed by atoms with van der Waals surface area (Å²) in [4.78, 5) is 14.0. The van der Waals surface area contributed by atoms with E-state index in [2.05, 4.69) is 6.58 Å². The maximum absolute atomic E-state index is 12.4. The van der Waals surface area contributed by atoms with Gasteiger partial charge in [0.25, 0.3) is 0 Å². The molecule has 1 fully saturated rings. The summed E-state index contributed by atoms with van der Waals surface area (Å²) in [5, 5.41) is 0. The first-order valence-corrected chi connectivity index (χ1v) is 8.03. The first kappa shape index (κ1) is 13.8. The monoisotopic (exact) mass is 279 g/mol. The van der Waals surface area contributed by atoms with Crippen molar-refractivity contribution in [2.75, 3.05) is 23.0 Å². The molecular formula is C14H17NO3S. The van der Waals surface area contributed by atoms with E-state index >= 15 is 0 Å². The minimum Gasteiger partial charge on any atom is -0.308 e. The predicted molar refractivity (Wildman–Crippen MR) is 75.8 cm³/mol. The fraction of sp³-hybridized carbons (Fsp3) is 0.357. The van der Waals surface area contributed by atoms with Gasteiger partial charge in [0.05, 0.1) is 17.4 Å². The van der Waals surface area contributed by atoms with Gasteiger partial charge >= 0.3 is 0 Å². The second-order valence-corrected chi connectivity index (χ2v) is 6.90. The zero-order valence-corrected chi connectivity index (χ0v) is 11.5. The predicted octanol–water partition coefficient (Wildman–Crippen LogP) is 1.64. The van der Waals surface area contributed by atoms with E-state index in [0.29, 0.717) is 13.0 Å². The van der Waals surface area contributed by atoms with Gasteiger partial charge in [-0.3, -0.25) is 4.79 Å². The van der Waals surface area contributed by atoms with Crippen LogP contribution in [0.5, 0.6) is 0 Å². The Labute approximate surface area is 113 Å².